The van der Waals surface area contributed by atoms with E-state index in [0.717, 1.165) is 61.1 Å². The highest BCUT2D eigenvalue weighted by atomic mass is 35.5. The van der Waals surface area contributed by atoms with Crippen molar-refractivity contribution >= 4 is 11.6 Å². The first kappa shape index (κ1) is 19.0. The molecule has 1 aliphatic heterocycles. The summed E-state index contributed by atoms with van der Waals surface area (Å²) in [6.07, 6.45) is 2.31. The van der Waals surface area contributed by atoms with Gasteiger partial charge in [0.25, 0.3) is 0 Å². The Bertz CT molecular complexity index is 698. The van der Waals surface area contributed by atoms with Crippen LogP contribution < -0.4 is 14.8 Å². The first-order valence-corrected chi connectivity index (χ1v) is 9.47. The maximum Gasteiger partial charge on any atom is 0.123 e. The molecule has 1 aliphatic rings. The number of nitrogens with zero attached hydrogens (tertiary/aromatic N) is 1. The molecule has 1 N–H and O–H groups in total. The van der Waals surface area contributed by atoms with Gasteiger partial charge in [0.1, 0.15) is 11.5 Å². The van der Waals surface area contributed by atoms with Crippen molar-refractivity contribution < 1.29 is 9.47 Å². The molecule has 3 rings (SSSR count). The van der Waals surface area contributed by atoms with E-state index >= 15 is 0 Å². The van der Waals surface area contributed by atoms with Crippen molar-refractivity contribution in [3.05, 3.63) is 58.6 Å². The second-order valence-electron chi connectivity index (χ2n) is 6.74. The van der Waals surface area contributed by atoms with E-state index in [-0.39, 0.29) is 0 Å². The van der Waals surface area contributed by atoms with Gasteiger partial charge in [-0.2, -0.15) is 0 Å². The summed E-state index contributed by atoms with van der Waals surface area (Å²) in [5, 5.41) is 4.47. The summed E-state index contributed by atoms with van der Waals surface area (Å²) in [6.45, 7) is 4.00. The standard InChI is InChI=1S/C21H27ClN2O2/c1-25-20-7-8-21(26-2)17(13-20)14-23-19-9-11-24(12-10-19)15-16-3-5-18(22)6-4-16/h3-8,13,19,23H,9-12,14-15H2,1-2H3. The van der Waals surface area contributed by atoms with Crippen LogP contribution in [-0.2, 0) is 13.1 Å². The van der Waals surface area contributed by atoms with Crippen molar-refractivity contribution in [2.75, 3.05) is 27.3 Å². The molecule has 1 heterocycles. The largest absolute Gasteiger partial charge is 0.497 e. The summed E-state index contributed by atoms with van der Waals surface area (Å²) >= 11 is 5.96. The van der Waals surface area contributed by atoms with Crippen LogP contribution in [0.1, 0.15) is 24.0 Å². The van der Waals surface area contributed by atoms with Gasteiger partial charge < -0.3 is 14.8 Å². The molecule has 0 atom stereocenters. The number of benzene rings is 2. The zero-order valence-corrected chi connectivity index (χ0v) is 16.3. The molecule has 0 radical (unpaired) electrons. The van der Waals surface area contributed by atoms with Gasteiger partial charge in [-0.25, -0.2) is 0 Å². The molecule has 1 fully saturated rings. The third kappa shape index (κ3) is 5.13. The number of ether oxygens (including phenoxy) is 2. The molecule has 0 saturated carbocycles. The molecule has 0 amide bonds. The van der Waals surface area contributed by atoms with Crippen LogP contribution in [0.25, 0.3) is 0 Å². The lowest BCUT2D eigenvalue weighted by molar-refractivity contribution is 0.190. The Labute approximate surface area is 161 Å². The Morgan fingerprint density at radius 1 is 1.04 bits per heavy atom. The number of likely N-dealkylation sites (tertiary alicyclic amines) is 1. The molecular formula is C21H27ClN2O2. The first-order valence-electron chi connectivity index (χ1n) is 9.09. The van der Waals surface area contributed by atoms with E-state index in [1.54, 1.807) is 14.2 Å². The summed E-state index contributed by atoms with van der Waals surface area (Å²) in [4.78, 5) is 2.51. The van der Waals surface area contributed by atoms with Crippen molar-refractivity contribution in [3.63, 3.8) is 0 Å². The van der Waals surface area contributed by atoms with Crippen LogP contribution in [0, 0.1) is 0 Å². The minimum Gasteiger partial charge on any atom is -0.497 e. The predicted octanol–water partition coefficient (Wildman–Crippen LogP) is 4.11. The van der Waals surface area contributed by atoms with Crippen LogP contribution in [0.2, 0.25) is 5.02 Å². The van der Waals surface area contributed by atoms with Gasteiger partial charge in [0.05, 0.1) is 14.2 Å². The number of piperidine rings is 1. The van der Waals surface area contributed by atoms with Crippen molar-refractivity contribution in [2.45, 2.75) is 32.0 Å². The van der Waals surface area contributed by atoms with Gasteiger partial charge in [-0.05, 0) is 61.8 Å². The lowest BCUT2D eigenvalue weighted by Crippen LogP contribution is -2.41. The monoisotopic (exact) mass is 374 g/mol. The van der Waals surface area contributed by atoms with E-state index in [4.69, 9.17) is 21.1 Å². The van der Waals surface area contributed by atoms with Gasteiger partial charge >= 0.3 is 0 Å². The molecule has 0 aliphatic carbocycles. The zero-order valence-electron chi connectivity index (χ0n) is 15.5. The smallest absolute Gasteiger partial charge is 0.123 e. The van der Waals surface area contributed by atoms with Gasteiger partial charge in [0, 0.05) is 29.7 Å². The highest BCUT2D eigenvalue weighted by Gasteiger charge is 2.19. The van der Waals surface area contributed by atoms with Gasteiger partial charge in [0.2, 0.25) is 0 Å². The molecule has 140 valence electrons. The van der Waals surface area contributed by atoms with E-state index in [1.807, 2.05) is 30.3 Å². The Hall–Kier alpha value is -1.75. The van der Waals surface area contributed by atoms with Crippen LogP contribution in [0.5, 0.6) is 11.5 Å². The van der Waals surface area contributed by atoms with E-state index < -0.39 is 0 Å². The van der Waals surface area contributed by atoms with Gasteiger partial charge in [-0.1, -0.05) is 23.7 Å². The SMILES string of the molecule is COc1ccc(OC)c(CNC2CCN(Cc3ccc(Cl)cc3)CC2)c1. The van der Waals surface area contributed by atoms with Crippen LogP contribution in [0.15, 0.2) is 42.5 Å². The Kier molecular flexibility index (Phi) is 6.78. The Morgan fingerprint density at radius 2 is 1.77 bits per heavy atom. The molecular weight excluding hydrogens is 348 g/mol. The van der Waals surface area contributed by atoms with Crippen molar-refractivity contribution in [3.8, 4) is 11.5 Å². The van der Waals surface area contributed by atoms with Gasteiger partial charge in [0.15, 0.2) is 0 Å². The maximum atomic E-state index is 5.96. The van der Waals surface area contributed by atoms with Crippen molar-refractivity contribution in [1.29, 1.82) is 0 Å². The quantitative estimate of drug-likeness (QED) is 0.790. The fourth-order valence-electron chi connectivity index (χ4n) is 3.42. The summed E-state index contributed by atoms with van der Waals surface area (Å²) in [7, 11) is 3.40. The van der Waals surface area contributed by atoms with E-state index in [2.05, 4.69) is 22.3 Å². The summed E-state index contributed by atoms with van der Waals surface area (Å²) in [6, 6.07) is 14.6. The molecule has 0 bridgehead atoms. The Morgan fingerprint density at radius 3 is 2.42 bits per heavy atom. The third-order valence-electron chi connectivity index (χ3n) is 4.98. The summed E-state index contributed by atoms with van der Waals surface area (Å²) in [5.41, 5.74) is 2.46. The summed E-state index contributed by atoms with van der Waals surface area (Å²) in [5.74, 6) is 1.76. The molecule has 0 spiro atoms. The molecule has 2 aromatic carbocycles. The predicted molar refractivity (Wildman–Crippen MR) is 106 cm³/mol. The number of hydrogen-bond acceptors (Lipinski definition) is 4. The van der Waals surface area contributed by atoms with E-state index in [9.17, 15) is 0 Å². The van der Waals surface area contributed by atoms with Gasteiger partial charge in [-0.15, -0.1) is 0 Å². The van der Waals surface area contributed by atoms with E-state index in [0.29, 0.717) is 6.04 Å². The average Bonchev–Trinajstić information content (AvgIpc) is 2.69. The van der Waals surface area contributed by atoms with E-state index in [1.165, 1.54) is 5.56 Å². The molecule has 5 heteroatoms. The molecule has 0 unspecified atom stereocenters. The normalized spacial score (nSPS) is 15.8. The fraction of sp³-hybridized carbons (Fsp3) is 0.429. The van der Waals surface area contributed by atoms with Gasteiger partial charge in [-0.3, -0.25) is 4.90 Å². The Balaban J connectivity index is 1.47. The summed E-state index contributed by atoms with van der Waals surface area (Å²) < 4.78 is 10.8. The number of methoxy groups -OCH3 is 2. The lowest BCUT2D eigenvalue weighted by Gasteiger charge is -2.32. The van der Waals surface area contributed by atoms with Crippen molar-refractivity contribution in [1.82, 2.24) is 10.2 Å². The fourth-order valence-corrected chi connectivity index (χ4v) is 3.54. The first-order chi connectivity index (χ1) is 12.7. The van der Waals surface area contributed by atoms with Crippen LogP contribution in [-0.4, -0.2) is 38.3 Å². The number of nitrogens with one attached hydrogen (secondary N) is 1. The second-order valence-corrected chi connectivity index (χ2v) is 7.17. The average molecular weight is 375 g/mol. The number of halogens is 1. The number of hydrogen-bond donors (Lipinski definition) is 1. The third-order valence-corrected chi connectivity index (χ3v) is 5.23. The highest BCUT2D eigenvalue weighted by Crippen LogP contribution is 2.24. The lowest BCUT2D eigenvalue weighted by atomic mass is 10.0. The van der Waals surface area contributed by atoms with Crippen LogP contribution >= 0.6 is 11.6 Å². The number of rotatable bonds is 7. The molecule has 4 nitrogen and oxygen atoms in total. The highest BCUT2D eigenvalue weighted by molar-refractivity contribution is 6.30. The molecule has 26 heavy (non-hydrogen) atoms. The molecule has 2 aromatic rings. The maximum absolute atomic E-state index is 5.96. The van der Waals surface area contributed by atoms with Crippen LogP contribution in [0.3, 0.4) is 0 Å². The molecule has 1 saturated heterocycles. The minimum absolute atomic E-state index is 0.535. The topological polar surface area (TPSA) is 33.7 Å². The second kappa shape index (κ2) is 9.26. The molecule has 0 aromatic heterocycles. The minimum atomic E-state index is 0.535. The van der Waals surface area contributed by atoms with Crippen LogP contribution in [0.4, 0.5) is 0 Å². The van der Waals surface area contributed by atoms with Crippen molar-refractivity contribution in [2.24, 2.45) is 0 Å². The zero-order chi connectivity index (χ0) is 18.4.